The molecule has 0 spiro atoms. The Balaban J connectivity index is 1.05. The van der Waals surface area contributed by atoms with Crippen LogP contribution in [0.5, 0.6) is 0 Å². The quantitative estimate of drug-likeness (QED) is 0.176. The van der Waals surface area contributed by atoms with Gasteiger partial charge >= 0.3 is 0 Å². The fourth-order valence-corrected chi connectivity index (χ4v) is 8.65. The zero-order valence-electron chi connectivity index (χ0n) is 31.0. The maximum atomic E-state index is 6.28. The molecule has 6 nitrogen and oxygen atoms in total. The number of aromatic nitrogens is 5. The first-order valence-electron chi connectivity index (χ1n) is 19.4. The van der Waals surface area contributed by atoms with Gasteiger partial charge in [0.25, 0.3) is 0 Å². The van der Waals surface area contributed by atoms with Crippen molar-refractivity contribution in [2.75, 3.05) is 0 Å². The number of para-hydroxylation sites is 2. The number of nitrogens with zero attached hydrogens (tertiary/aromatic N) is 5. The molecule has 4 heterocycles. The van der Waals surface area contributed by atoms with Gasteiger partial charge in [-0.3, -0.25) is 4.98 Å². The maximum Gasteiger partial charge on any atom is 0.164 e. The SMILES string of the molecule is c1ccc2c(-c3ccc(-c4nc(-c5ccc6c(c5)oc5ccncc56)nc(-c5ccc(-n6c7ccccc7c7ccccc76)c6ccccc56)n4)cc3)cccc2c1. The summed E-state index contributed by atoms with van der Waals surface area (Å²) in [5.74, 6) is 1.75. The smallest absolute Gasteiger partial charge is 0.164 e. The summed E-state index contributed by atoms with van der Waals surface area (Å²) in [7, 11) is 0. The Labute approximate surface area is 332 Å². The Kier molecular flexibility index (Phi) is 7.13. The van der Waals surface area contributed by atoms with Crippen molar-refractivity contribution < 1.29 is 4.42 Å². The third-order valence-corrected chi connectivity index (χ3v) is 11.4. The maximum absolute atomic E-state index is 6.28. The third kappa shape index (κ3) is 5.05. The predicted octanol–water partition coefficient (Wildman–Crippen LogP) is 13.2. The van der Waals surface area contributed by atoms with E-state index in [1.165, 1.54) is 27.1 Å². The number of hydrogen-bond donors (Lipinski definition) is 0. The molecule has 270 valence electrons. The Morgan fingerprint density at radius 3 is 1.79 bits per heavy atom. The van der Waals surface area contributed by atoms with E-state index in [-0.39, 0.29) is 0 Å². The summed E-state index contributed by atoms with van der Waals surface area (Å²) in [5.41, 5.74) is 9.94. The summed E-state index contributed by atoms with van der Waals surface area (Å²) in [6.07, 6.45) is 3.59. The van der Waals surface area contributed by atoms with Crippen molar-refractivity contribution in [3.63, 3.8) is 0 Å². The van der Waals surface area contributed by atoms with Crippen LogP contribution in [0.4, 0.5) is 0 Å². The molecule has 0 fully saturated rings. The molecule has 0 amide bonds. The minimum absolute atomic E-state index is 0.564. The average Bonchev–Trinajstić information content (AvgIpc) is 3.84. The lowest BCUT2D eigenvalue weighted by molar-refractivity contribution is 0.668. The van der Waals surface area contributed by atoms with E-state index in [4.69, 9.17) is 19.4 Å². The van der Waals surface area contributed by atoms with Gasteiger partial charge in [-0.05, 0) is 69.8 Å². The molecule has 6 heteroatoms. The van der Waals surface area contributed by atoms with Crippen LogP contribution in [0.15, 0.2) is 193 Å². The van der Waals surface area contributed by atoms with Gasteiger partial charge in [-0.25, -0.2) is 15.0 Å². The fourth-order valence-electron chi connectivity index (χ4n) is 8.65. The van der Waals surface area contributed by atoms with Crippen molar-refractivity contribution in [3.05, 3.63) is 188 Å². The molecule has 0 atom stereocenters. The van der Waals surface area contributed by atoms with Gasteiger partial charge in [0, 0.05) is 56.0 Å². The van der Waals surface area contributed by atoms with Crippen LogP contribution >= 0.6 is 0 Å². The largest absolute Gasteiger partial charge is 0.456 e. The predicted molar refractivity (Wildman–Crippen MR) is 236 cm³/mol. The molecule has 0 aliphatic heterocycles. The van der Waals surface area contributed by atoms with Gasteiger partial charge in [-0.2, -0.15) is 0 Å². The van der Waals surface area contributed by atoms with Crippen LogP contribution in [0.25, 0.3) is 116 Å². The molecule has 0 aliphatic rings. The van der Waals surface area contributed by atoms with Gasteiger partial charge < -0.3 is 8.98 Å². The van der Waals surface area contributed by atoms with E-state index in [1.807, 2.05) is 18.3 Å². The van der Waals surface area contributed by atoms with Gasteiger partial charge in [0.15, 0.2) is 17.5 Å². The van der Waals surface area contributed by atoms with E-state index < -0.39 is 0 Å². The van der Waals surface area contributed by atoms with E-state index in [1.54, 1.807) is 6.20 Å². The average molecular weight is 742 g/mol. The van der Waals surface area contributed by atoms with Crippen LogP contribution in [0.1, 0.15) is 0 Å². The Morgan fingerprint density at radius 1 is 0.379 bits per heavy atom. The van der Waals surface area contributed by atoms with Crippen molar-refractivity contribution in [3.8, 4) is 51.0 Å². The topological polar surface area (TPSA) is 69.6 Å². The van der Waals surface area contributed by atoms with Crippen molar-refractivity contribution in [2.45, 2.75) is 0 Å². The number of fused-ring (bicyclic) bond motifs is 8. The lowest BCUT2D eigenvalue weighted by atomic mass is 9.97. The highest BCUT2D eigenvalue weighted by molar-refractivity contribution is 6.11. The molecule has 12 aromatic rings. The standard InChI is InChI=1S/C52H31N5O/c1-2-12-36-32(10-1)11-9-17-37(36)33-20-22-34(23-21-33)50-54-51(35-24-25-42-44-31-53-29-28-48(44)58-49(42)30-35)56-52(55-50)43-26-27-47(39-14-4-3-13-38(39)43)57-45-18-7-5-15-40(45)41-16-6-8-19-46(41)57/h1-31H. The second-order valence-corrected chi connectivity index (χ2v) is 14.6. The van der Waals surface area contributed by atoms with Gasteiger partial charge in [-0.1, -0.05) is 133 Å². The molecule has 0 N–H and O–H groups in total. The van der Waals surface area contributed by atoms with Gasteiger partial charge in [0.05, 0.1) is 16.7 Å². The molecular weight excluding hydrogens is 711 g/mol. The highest BCUT2D eigenvalue weighted by Crippen LogP contribution is 2.39. The van der Waals surface area contributed by atoms with Crippen molar-refractivity contribution in [1.29, 1.82) is 0 Å². The van der Waals surface area contributed by atoms with Crippen LogP contribution in [0.3, 0.4) is 0 Å². The summed E-state index contributed by atoms with van der Waals surface area (Å²) >= 11 is 0. The van der Waals surface area contributed by atoms with E-state index in [0.29, 0.717) is 17.5 Å². The first kappa shape index (κ1) is 32.3. The van der Waals surface area contributed by atoms with Crippen LogP contribution < -0.4 is 0 Å². The van der Waals surface area contributed by atoms with E-state index in [2.05, 4.69) is 173 Å². The number of furan rings is 1. The number of benzene rings is 8. The molecule has 4 aromatic heterocycles. The van der Waals surface area contributed by atoms with Crippen LogP contribution in [0, 0.1) is 0 Å². The second-order valence-electron chi connectivity index (χ2n) is 14.6. The summed E-state index contributed by atoms with van der Waals surface area (Å²) in [6, 6.07) is 61.6. The first-order valence-corrected chi connectivity index (χ1v) is 19.4. The molecule has 0 saturated carbocycles. The molecule has 0 radical (unpaired) electrons. The molecular formula is C52H31N5O. The Bertz CT molecular complexity index is 3520. The van der Waals surface area contributed by atoms with Crippen molar-refractivity contribution in [2.24, 2.45) is 0 Å². The van der Waals surface area contributed by atoms with Crippen LogP contribution in [-0.2, 0) is 0 Å². The van der Waals surface area contributed by atoms with E-state index in [9.17, 15) is 0 Å². The van der Waals surface area contributed by atoms with Crippen molar-refractivity contribution >= 4 is 65.3 Å². The minimum atomic E-state index is 0.564. The third-order valence-electron chi connectivity index (χ3n) is 11.4. The highest BCUT2D eigenvalue weighted by Gasteiger charge is 2.19. The minimum Gasteiger partial charge on any atom is -0.456 e. The lowest BCUT2D eigenvalue weighted by Gasteiger charge is -2.15. The van der Waals surface area contributed by atoms with Crippen LogP contribution in [0.2, 0.25) is 0 Å². The van der Waals surface area contributed by atoms with Crippen molar-refractivity contribution in [1.82, 2.24) is 24.5 Å². The van der Waals surface area contributed by atoms with E-state index in [0.717, 1.165) is 71.7 Å². The monoisotopic (exact) mass is 741 g/mol. The number of rotatable bonds is 5. The first-order chi connectivity index (χ1) is 28.7. The van der Waals surface area contributed by atoms with Crippen LogP contribution in [-0.4, -0.2) is 24.5 Å². The van der Waals surface area contributed by atoms with Gasteiger partial charge in [0.1, 0.15) is 11.2 Å². The fraction of sp³-hybridized carbons (Fsp3) is 0. The molecule has 0 bridgehead atoms. The normalized spacial score (nSPS) is 11.8. The molecule has 0 aliphatic carbocycles. The Hall–Kier alpha value is -7.96. The van der Waals surface area contributed by atoms with Gasteiger partial charge in [0.2, 0.25) is 0 Å². The molecule has 0 saturated heterocycles. The zero-order valence-corrected chi connectivity index (χ0v) is 31.0. The summed E-state index contributed by atoms with van der Waals surface area (Å²) in [4.78, 5) is 19.9. The zero-order chi connectivity index (χ0) is 38.2. The molecule has 58 heavy (non-hydrogen) atoms. The summed E-state index contributed by atoms with van der Waals surface area (Å²) < 4.78 is 8.66. The highest BCUT2D eigenvalue weighted by atomic mass is 16.3. The number of pyridine rings is 1. The lowest BCUT2D eigenvalue weighted by Crippen LogP contribution is -2.02. The second kappa shape index (κ2) is 12.8. The summed E-state index contributed by atoms with van der Waals surface area (Å²) in [5, 5.41) is 9.01. The molecule has 12 rings (SSSR count). The van der Waals surface area contributed by atoms with E-state index >= 15 is 0 Å². The number of hydrogen-bond acceptors (Lipinski definition) is 5. The molecule has 8 aromatic carbocycles. The summed E-state index contributed by atoms with van der Waals surface area (Å²) in [6.45, 7) is 0. The Morgan fingerprint density at radius 2 is 1.00 bits per heavy atom. The molecule has 0 unspecified atom stereocenters. The van der Waals surface area contributed by atoms with Gasteiger partial charge in [-0.15, -0.1) is 0 Å².